The highest BCUT2D eigenvalue weighted by Gasteiger charge is 2.52. The molecule has 0 spiro atoms. The molecule has 0 unspecified atom stereocenters. The zero-order chi connectivity index (χ0) is 13.7. The Morgan fingerprint density at radius 1 is 1.20 bits per heavy atom. The van der Waals surface area contributed by atoms with E-state index in [0.717, 1.165) is 24.3 Å². The summed E-state index contributed by atoms with van der Waals surface area (Å²) in [6, 6.07) is 0.556. The first-order valence-electron chi connectivity index (χ1n) is 8.31. The Hall–Kier alpha value is -0.410. The molecule has 1 aromatic rings. The zero-order valence-corrected chi connectivity index (χ0v) is 13.5. The van der Waals surface area contributed by atoms with E-state index in [1.54, 1.807) is 0 Å². The van der Waals surface area contributed by atoms with Gasteiger partial charge in [-0.15, -0.1) is 11.3 Å². The molecule has 1 N–H and O–H groups in total. The van der Waals surface area contributed by atoms with Gasteiger partial charge in [0.1, 0.15) is 0 Å². The third-order valence-corrected chi connectivity index (χ3v) is 6.97. The molecule has 1 heterocycles. The van der Waals surface area contributed by atoms with E-state index in [4.69, 9.17) is 4.98 Å². The van der Waals surface area contributed by atoms with Gasteiger partial charge in [0.15, 0.2) is 0 Å². The quantitative estimate of drug-likeness (QED) is 0.902. The monoisotopic (exact) mass is 290 g/mol. The molecule has 5 rings (SSSR count). The number of nitrogens with zero attached hydrogens (tertiary/aromatic N) is 1. The van der Waals surface area contributed by atoms with Crippen molar-refractivity contribution < 1.29 is 0 Å². The second-order valence-corrected chi connectivity index (χ2v) is 8.98. The molecule has 1 aromatic heterocycles. The summed E-state index contributed by atoms with van der Waals surface area (Å²) in [6.07, 6.45) is 11.0. The van der Waals surface area contributed by atoms with Crippen LogP contribution in [0.1, 0.15) is 62.3 Å². The van der Waals surface area contributed by atoms with Crippen molar-refractivity contribution in [2.75, 3.05) is 0 Å². The fourth-order valence-electron chi connectivity index (χ4n) is 5.31. The molecule has 2 nitrogen and oxygen atoms in total. The maximum Gasteiger partial charge on any atom is 0.0990 e. The van der Waals surface area contributed by atoms with Gasteiger partial charge < -0.3 is 5.32 Å². The maximum absolute atomic E-state index is 4.86. The first-order valence-corrected chi connectivity index (χ1v) is 9.13. The van der Waals surface area contributed by atoms with Crippen LogP contribution in [0.25, 0.3) is 0 Å². The lowest BCUT2D eigenvalue weighted by Gasteiger charge is -2.56. The number of aromatic nitrogens is 1. The van der Waals surface area contributed by atoms with Crippen molar-refractivity contribution >= 4 is 11.3 Å². The van der Waals surface area contributed by atoms with E-state index in [0.29, 0.717) is 11.5 Å². The molecule has 4 aliphatic carbocycles. The van der Waals surface area contributed by atoms with Gasteiger partial charge in [0.25, 0.3) is 0 Å². The SMILES string of the molecule is CC(C)NCc1cnc(C23CC4CC(CC(C4)C2)C3)s1. The van der Waals surface area contributed by atoms with Gasteiger partial charge in [0.05, 0.1) is 5.01 Å². The van der Waals surface area contributed by atoms with Crippen LogP contribution in [0.5, 0.6) is 0 Å². The fraction of sp³-hybridized carbons (Fsp3) is 0.824. The van der Waals surface area contributed by atoms with Crippen molar-refractivity contribution in [1.82, 2.24) is 10.3 Å². The minimum Gasteiger partial charge on any atom is -0.310 e. The number of nitrogens with one attached hydrogen (secondary N) is 1. The van der Waals surface area contributed by atoms with E-state index >= 15 is 0 Å². The van der Waals surface area contributed by atoms with Gasteiger partial charge in [-0.25, -0.2) is 4.98 Å². The Bertz CT molecular complexity index is 456. The highest BCUT2D eigenvalue weighted by molar-refractivity contribution is 7.11. The van der Waals surface area contributed by atoms with Crippen LogP contribution in [-0.2, 0) is 12.0 Å². The standard InChI is InChI=1S/C17H26N2S/c1-11(2)18-9-15-10-19-16(20-15)17-6-12-3-13(7-17)5-14(4-12)8-17/h10-14,18H,3-9H2,1-2H3. The Morgan fingerprint density at radius 2 is 1.80 bits per heavy atom. The summed E-state index contributed by atoms with van der Waals surface area (Å²) in [5, 5.41) is 4.99. The number of thiazole rings is 1. The molecule has 0 saturated heterocycles. The number of hydrogen-bond acceptors (Lipinski definition) is 3. The molecule has 0 aromatic carbocycles. The van der Waals surface area contributed by atoms with E-state index in [1.807, 2.05) is 11.3 Å². The number of rotatable bonds is 4. The summed E-state index contributed by atoms with van der Waals surface area (Å²) in [5.41, 5.74) is 0.482. The van der Waals surface area contributed by atoms with E-state index in [9.17, 15) is 0 Å². The molecule has 4 bridgehead atoms. The summed E-state index contributed by atoms with van der Waals surface area (Å²) in [5.74, 6) is 3.05. The molecule has 3 heteroatoms. The van der Waals surface area contributed by atoms with Gasteiger partial charge in [-0.2, -0.15) is 0 Å². The van der Waals surface area contributed by atoms with E-state index < -0.39 is 0 Å². The van der Waals surface area contributed by atoms with Gasteiger partial charge in [-0.3, -0.25) is 0 Å². The Balaban J connectivity index is 1.55. The molecule has 110 valence electrons. The second-order valence-electron chi connectivity index (χ2n) is 7.87. The molecule has 0 aliphatic heterocycles. The molecule has 0 radical (unpaired) electrons. The largest absolute Gasteiger partial charge is 0.310 e. The van der Waals surface area contributed by atoms with Crippen LogP contribution in [0, 0.1) is 17.8 Å². The fourth-order valence-corrected chi connectivity index (χ4v) is 6.39. The summed E-state index contributed by atoms with van der Waals surface area (Å²) < 4.78 is 0. The van der Waals surface area contributed by atoms with Gasteiger partial charge in [-0.1, -0.05) is 13.8 Å². The molecule has 4 fully saturated rings. The summed E-state index contributed by atoms with van der Waals surface area (Å²) in [6.45, 7) is 5.41. The van der Waals surface area contributed by atoms with Crippen molar-refractivity contribution in [1.29, 1.82) is 0 Å². The van der Waals surface area contributed by atoms with Crippen LogP contribution in [0.4, 0.5) is 0 Å². The summed E-state index contributed by atoms with van der Waals surface area (Å²) in [7, 11) is 0. The van der Waals surface area contributed by atoms with Crippen molar-refractivity contribution in [3.05, 3.63) is 16.1 Å². The highest BCUT2D eigenvalue weighted by atomic mass is 32.1. The average molecular weight is 290 g/mol. The molecule has 0 amide bonds. The van der Waals surface area contributed by atoms with Crippen LogP contribution in [-0.4, -0.2) is 11.0 Å². The molecule has 4 saturated carbocycles. The van der Waals surface area contributed by atoms with Crippen LogP contribution in [0.15, 0.2) is 6.20 Å². The van der Waals surface area contributed by atoms with Crippen molar-refractivity contribution in [3.63, 3.8) is 0 Å². The van der Waals surface area contributed by atoms with Crippen molar-refractivity contribution in [2.24, 2.45) is 17.8 Å². The van der Waals surface area contributed by atoms with Gasteiger partial charge >= 0.3 is 0 Å². The Morgan fingerprint density at radius 3 is 2.35 bits per heavy atom. The summed E-state index contributed by atoms with van der Waals surface area (Å²) in [4.78, 5) is 6.28. The highest BCUT2D eigenvalue weighted by Crippen LogP contribution is 2.61. The normalized spacial score (nSPS) is 38.9. The minimum atomic E-state index is 0.482. The van der Waals surface area contributed by atoms with E-state index in [-0.39, 0.29) is 0 Å². The average Bonchev–Trinajstić information content (AvgIpc) is 2.84. The lowest BCUT2D eigenvalue weighted by Crippen LogP contribution is -2.48. The first-order chi connectivity index (χ1) is 9.63. The maximum atomic E-state index is 4.86. The van der Waals surface area contributed by atoms with E-state index in [1.165, 1.54) is 48.4 Å². The minimum absolute atomic E-state index is 0.482. The number of hydrogen-bond donors (Lipinski definition) is 1. The van der Waals surface area contributed by atoms with Crippen LogP contribution < -0.4 is 5.32 Å². The lowest BCUT2D eigenvalue weighted by molar-refractivity contribution is -0.00527. The smallest absolute Gasteiger partial charge is 0.0990 e. The van der Waals surface area contributed by atoms with Crippen LogP contribution in [0.2, 0.25) is 0 Å². The molecular formula is C17H26N2S. The van der Waals surface area contributed by atoms with Crippen LogP contribution in [0.3, 0.4) is 0 Å². The van der Waals surface area contributed by atoms with Crippen molar-refractivity contribution in [2.45, 2.75) is 70.4 Å². The topological polar surface area (TPSA) is 24.9 Å². The first kappa shape index (κ1) is 13.3. The third kappa shape index (κ3) is 2.23. The van der Waals surface area contributed by atoms with Gasteiger partial charge in [0, 0.05) is 29.1 Å². The van der Waals surface area contributed by atoms with Crippen LogP contribution >= 0.6 is 11.3 Å². The third-order valence-electron chi connectivity index (χ3n) is 5.73. The molecule has 4 aliphatic rings. The Kier molecular flexibility index (Phi) is 3.19. The Labute approximate surface area is 126 Å². The molecule has 0 atom stereocenters. The van der Waals surface area contributed by atoms with Gasteiger partial charge in [0.2, 0.25) is 0 Å². The van der Waals surface area contributed by atoms with E-state index in [2.05, 4.69) is 25.4 Å². The lowest BCUT2D eigenvalue weighted by atomic mass is 9.50. The summed E-state index contributed by atoms with van der Waals surface area (Å²) >= 11 is 1.99. The molecule has 20 heavy (non-hydrogen) atoms. The predicted octanol–water partition coefficient (Wildman–Crippen LogP) is 4.11. The zero-order valence-electron chi connectivity index (χ0n) is 12.7. The second kappa shape index (κ2) is 4.81. The van der Waals surface area contributed by atoms with Gasteiger partial charge in [-0.05, 0) is 56.3 Å². The predicted molar refractivity (Wildman–Crippen MR) is 83.9 cm³/mol. The molecular weight excluding hydrogens is 264 g/mol. The van der Waals surface area contributed by atoms with Crippen molar-refractivity contribution in [3.8, 4) is 0 Å².